The van der Waals surface area contributed by atoms with Gasteiger partial charge in [0, 0.05) is 20.4 Å². The van der Waals surface area contributed by atoms with Gasteiger partial charge in [0.1, 0.15) is 6.61 Å². The van der Waals surface area contributed by atoms with Crippen molar-refractivity contribution in [3.05, 3.63) is 0 Å². The fraction of sp³-hybridized carbons (Fsp3) is 0.750. The number of carbonyl (C=O) groups excluding carboxylic acids is 1. The number of esters is 1. The highest BCUT2D eigenvalue weighted by atomic mass is 16.5. The van der Waals surface area contributed by atoms with E-state index in [4.69, 9.17) is 9.90 Å². The molecule has 78 valence electrons. The van der Waals surface area contributed by atoms with Crippen molar-refractivity contribution in [2.45, 2.75) is 13.8 Å². The SMILES string of the molecule is CC(=O)O.CC(=O)OCCN(C)C. The van der Waals surface area contributed by atoms with Crippen molar-refractivity contribution < 1.29 is 19.4 Å². The molecule has 0 unspecified atom stereocenters. The summed E-state index contributed by atoms with van der Waals surface area (Å²) in [6, 6.07) is 0. The van der Waals surface area contributed by atoms with Gasteiger partial charge in [-0.15, -0.1) is 0 Å². The van der Waals surface area contributed by atoms with Crippen molar-refractivity contribution in [1.82, 2.24) is 4.90 Å². The first-order valence-corrected chi connectivity index (χ1v) is 3.84. The van der Waals surface area contributed by atoms with Crippen LogP contribution in [0.3, 0.4) is 0 Å². The Hall–Kier alpha value is -1.10. The molecule has 1 N–H and O–H groups in total. The summed E-state index contributed by atoms with van der Waals surface area (Å²) >= 11 is 0. The maximum atomic E-state index is 10.2. The molecule has 0 spiro atoms. The lowest BCUT2D eigenvalue weighted by molar-refractivity contribution is -0.141. The first kappa shape index (κ1) is 14.4. The maximum Gasteiger partial charge on any atom is 0.302 e. The van der Waals surface area contributed by atoms with Crippen molar-refractivity contribution in [1.29, 1.82) is 0 Å². The minimum atomic E-state index is -0.833. The summed E-state index contributed by atoms with van der Waals surface area (Å²) in [6.07, 6.45) is 0. The fourth-order valence-corrected chi connectivity index (χ4v) is 0.372. The van der Waals surface area contributed by atoms with E-state index in [0.29, 0.717) is 6.61 Å². The largest absolute Gasteiger partial charge is 0.481 e. The van der Waals surface area contributed by atoms with Crippen LogP contribution in [0.4, 0.5) is 0 Å². The zero-order chi connectivity index (χ0) is 10.9. The average Bonchev–Trinajstić information content (AvgIpc) is 1.83. The molecule has 5 nitrogen and oxygen atoms in total. The molecule has 0 heterocycles. The van der Waals surface area contributed by atoms with Crippen molar-refractivity contribution in [2.24, 2.45) is 0 Å². The van der Waals surface area contributed by atoms with E-state index in [1.54, 1.807) is 0 Å². The second kappa shape index (κ2) is 8.99. The molecule has 0 aromatic carbocycles. The molecule has 0 aromatic rings. The molecule has 0 amide bonds. The van der Waals surface area contributed by atoms with Gasteiger partial charge >= 0.3 is 5.97 Å². The lowest BCUT2D eigenvalue weighted by atomic mass is 10.6. The van der Waals surface area contributed by atoms with Crippen molar-refractivity contribution in [2.75, 3.05) is 27.2 Å². The molecule has 13 heavy (non-hydrogen) atoms. The normalized spacial score (nSPS) is 8.69. The van der Waals surface area contributed by atoms with Gasteiger partial charge in [0.15, 0.2) is 0 Å². The number of nitrogens with zero attached hydrogens (tertiary/aromatic N) is 1. The number of ether oxygens (including phenoxy) is 1. The standard InChI is InChI=1S/C6H13NO2.C2H4O2/c1-6(8)9-5-4-7(2)3;1-2(3)4/h4-5H2,1-3H3;1H3,(H,3,4). The van der Waals surface area contributed by atoms with Crippen LogP contribution in [-0.2, 0) is 14.3 Å². The first-order chi connectivity index (χ1) is 5.86. The molecule has 0 saturated heterocycles. The smallest absolute Gasteiger partial charge is 0.302 e. The van der Waals surface area contributed by atoms with Gasteiger partial charge < -0.3 is 14.7 Å². The molecule has 0 radical (unpaired) electrons. The summed E-state index contributed by atoms with van der Waals surface area (Å²) in [7, 11) is 3.87. The van der Waals surface area contributed by atoms with Gasteiger partial charge in [-0.25, -0.2) is 0 Å². The van der Waals surface area contributed by atoms with Crippen LogP contribution >= 0.6 is 0 Å². The van der Waals surface area contributed by atoms with E-state index >= 15 is 0 Å². The number of aliphatic carboxylic acids is 1. The summed E-state index contributed by atoms with van der Waals surface area (Å²) in [5.41, 5.74) is 0. The highest BCUT2D eigenvalue weighted by Gasteiger charge is 1.92. The minimum absolute atomic E-state index is 0.211. The van der Waals surface area contributed by atoms with Gasteiger partial charge in [0.05, 0.1) is 0 Å². The van der Waals surface area contributed by atoms with Gasteiger partial charge in [0.2, 0.25) is 0 Å². The number of carboxylic acids is 1. The lowest BCUT2D eigenvalue weighted by Gasteiger charge is -2.07. The summed E-state index contributed by atoms with van der Waals surface area (Å²) in [4.78, 5) is 21.1. The molecule has 0 aliphatic rings. The summed E-state index contributed by atoms with van der Waals surface area (Å²) in [5, 5.41) is 7.42. The highest BCUT2D eigenvalue weighted by Crippen LogP contribution is 1.77. The van der Waals surface area contributed by atoms with Crippen LogP contribution in [0.1, 0.15) is 13.8 Å². The molecule has 5 heteroatoms. The van der Waals surface area contributed by atoms with E-state index in [-0.39, 0.29) is 5.97 Å². The maximum absolute atomic E-state index is 10.2. The number of carboxylic acid groups (broad SMARTS) is 1. The minimum Gasteiger partial charge on any atom is -0.481 e. The van der Waals surface area contributed by atoms with Gasteiger partial charge in [-0.3, -0.25) is 9.59 Å². The molecule has 0 aliphatic heterocycles. The highest BCUT2D eigenvalue weighted by molar-refractivity contribution is 5.65. The second-order valence-corrected chi connectivity index (χ2v) is 2.66. The van der Waals surface area contributed by atoms with Crippen LogP contribution in [0.25, 0.3) is 0 Å². The number of rotatable bonds is 3. The molecular formula is C8H17NO4. The van der Waals surface area contributed by atoms with Crippen molar-refractivity contribution in [3.8, 4) is 0 Å². The predicted molar refractivity (Wildman–Crippen MR) is 48.5 cm³/mol. The average molecular weight is 191 g/mol. The Morgan fingerprint density at radius 3 is 1.92 bits per heavy atom. The quantitative estimate of drug-likeness (QED) is 0.645. The van der Waals surface area contributed by atoms with E-state index < -0.39 is 5.97 Å². The number of likely N-dealkylation sites (N-methyl/N-ethyl adjacent to an activating group) is 1. The van der Waals surface area contributed by atoms with E-state index in [1.165, 1.54) is 6.92 Å². The molecule has 0 saturated carbocycles. The van der Waals surface area contributed by atoms with E-state index in [0.717, 1.165) is 13.5 Å². The van der Waals surface area contributed by atoms with Crippen molar-refractivity contribution in [3.63, 3.8) is 0 Å². The van der Waals surface area contributed by atoms with Crippen LogP contribution in [-0.4, -0.2) is 49.2 Å². The van der Waals surface area contributed by atoms with Crippen LogP contribution in [0.2, 0.25) is 0 Å². The molecule has 0 bridgehead atoms. The molecule has 0 aliphatic carbocycles. The van der Waals surface area contributed by atoms with Crippen LogP contribution in [0.5, 0.6) is 0 Å². The Kier molecular flexibility index (Phi) is 9.98. The molecule has 0 atom stereocenters. The predicted octanol–water partition coefficient (Wildman–Crippen LogP) is 0.202. The Morgan fingerprint density at radius 2 is 1.69 bits per heavy atom. The molecule has 0 aromatic heterocycles. The van der Waals surface area contributed by atoms with Crippen LogP contribution in [0.15, 0.2) is 0 Å². The first-order valence-electron chi connectivity index (χ1n) is 3.84. The van der Waals surface area contributed by atoms with Gasteiger partial charge in [0.25, 0.3) is 5.97 Å². The fourth-order valence-electron chi connectivity index (χ4n) is 0.372. The van der Waals surface area contributed by atoms with E-state index in [2.05, 4.69) is 4.74 Å². The second-order valence-electron chi connectivity index (χ2n) is 2.66. The summed E-state index contributed by atoms with van der Waals surface area (Å²) in [5.74, 6) is -1.04. The summed E-state index contributed by atoms with van der Waals surface area (Å²) in [6.45, 7) is 3.78. The zero-order valence-electron chi connectivity index (χ0n) is 8.53. The van der Waals surface area contributed by atoms with E-state index in [1.807, 2.05) is 19.0 Å². The molecule has 0 rings (SSSR count). The van der Waals surface area contributed by atoms with Gasteiger partial charge in [-0.05, 0) is 14.1 Å². The Labute approximate surface area is 78.3 Å². The monoisotopic (exact) mass is 191 g/mol. The van der Waals surface area contributed by atoms with E-state index in [9.17, 15) is 4.79 Å². The Balaban J connectivity index is 0. The molecular weight excluding hydrogens is 174 g/mol. The number of carbonyl (C=O) groups is 2. The van der Waals surface area contributed by atoms with Gasteiger partial charge in [-0.2, -0.15) is 0 Å². The topological polar surface area (TPSA) is 66.8 Å². The number of hydrogen-bond donors (Lipinski definition) is 1. The summed E-state index contributed by atoms with van der Waals surface area (Å²) < 4.78 is 4.67. The lowest BCUT2D eigenvalue weighted by Crippen LogP contribution is -2.19. The van der Waals surface area contributed by atoms with Gasteiger partial charge in [-0.1, -0.05) is 0 Å². The third-order valence-electron chi connectivity index (χ3n) is 0.844. The van der Waals surface area contributed by atoms with Crippen LogP contribution < -0.4 is 0 Å². The third-order valence-corrected chi connectivity index (χ3v) is 0.844. The Morgan fingerprint density at radius 1 is 1.31 bits per heavy atom. The van der Waals surface area contributed by atoms with Crippen molar-refractivity contribution >= 4 is 11.9 Å². The molecule has 0 fully saturated rings. The van der Waals surface area contributed by atoms with Crippen LogP contribution in [0, 0.1) is 0 Å². The zero-order valence-corrected chi connectivity index (χ0v) is 8.53. The third kappa shape index (κ3) is 36.0. The number of hydrogen-bond acceptors (Lipinski definition) is 4. The Bertz CT molecular complexity index is 152.